The first-order chi connectivity index (χ1) is 10.4. The smallest absolute Gasteiger partial charge is 0.255 e. The Morgan fingerprint density at radius 3 is 2.05 bits per heavy atom. The summed E-state index contributed by atoms with van der Waals surface area (Å²) in [7, 11) is 0. The Morgan fingerprint density at radius 1 is 0.818 bits per heavy atom. The van der Waals surface area contributed by atoms with E-state index in [9.17, 15) is 9.59 Å². The predicted molar refractivity (Wildman–Crippen MR) is 89.4 cm³/mol. The second kappa shape index (κ2) is 6.43. The zero-order chi connectivity index (χ0) is 16.3. The molecule has 0 radical (unpaired) electrons. The Balaban J connectivity index is 2.22. The third-order valence-corrected chi connectivity index (χ3v) is 3.53. The lowest BCUT2D eigenvalue weighted by molar-refractivity contribution is -0.114. The average molecular weight is 296 g/mol. The van der Waals surface area contributed by atoms with Gasteiger partial charge in [0.25, 0.3) is 5.91 Å². The van der Waals surface area contributed by atoms with Crippen molar-refractivity contribution in [3.8, 4) is 0 Å². The largest absolute Gasteiger partial charge is 0.326 e. The zero-order valence-corrected chi connectivity index (χ0v) is 13.3. The first-order valence-electron chi connectivity index (χ1n) is 7.13. The van der Waals surface area contributed by atoms with Crippen molar-refractivity contribution in [1.82, 2.24) is 0 Å². The summed E-state index contributed by atoms with van der Waals surface area (Å²) in [5, 5.41) is 5.57. The Hall–Kier alpha value is -2.62. The second-order valence-corrected chi connectivity index (χ2v) is 5.47. The molecule has 0 fully saturated rings. The molecule has 2 amide bonds. The van der Waals surface area contributed by atoms with Gasteiger partial charge in [0.1, 0.15) is 0 Å². The minimum absolute atomic E-state index is 0.145. The molecule has 0 aliphatic heterocycles. The molecule has 0 bridgehead atoms. The Morgan fingerprint density at radius 2 is 1.41 bits per heavy atom. The summed E-state index contributed by atoms with van der Waals surface area (Å²) in [6, 6.07) is 11.0. The van der Waals surface area contributed by atoms with Gasteiger partial charge in [-0.05, 0) is 61.7 Å². The van der Waals surface area contributed by atoms with Crippen molar-refractivity contribution in [2.75, 3.05) is 10.6 Å². The van der Waals surface area contributed by atoms with Crippen LogP contribution in [0, 0.1) is 20.8 Å². The maximum absolute atomic E-state index is 12.4. The lowest BCUT2D eigenvalue weighted by Crippen LogP contribution is -2.14. The summed E-state index contributed by atoms with van der Waals surface area (Å²) >= 11 is 0. The van der Waals surface area contributed by atoms with Crippen molar-refractivity contribution >= 4 is 23.2 Å². The molecule has 2 aromatic rings. The SMILES string of the molecule is CC(=O)Nc1cccc(NC(=O)c2cc(C)c(C)cc2C)c1. The first-order valence-corrected chi connectivity index (χ1v) is 7.13. The molecule has 2 rings (SSSR count). The normalized spacial score (nSPS) is 10.2. The van der Waals surface area contributed by atoms with Gasteiger partial charge in [-0.15, -0.1) is 0 Å². The number of benzene rings is 2. The molecule has 0 atom stereocenters. The number of rotatable bonds is 3. The maximum atomic E-state index is 12.4. The van der Waals surface area contributed by atoms with Gasteiger partial charge in [-0.25, -0.2) is 0 Å². The highest BCUT2D eigenvalue weighted by atomic mass is 16.2. The molecule has 2 N–H and O–H groups in total. The van der Waals surface area contributed by atoms with E-state index in [0.717, 1.165) is 11.1 Å². The van der Waals surface area contributed by atoms with Crippen LogP contribution in [0.25, 0.3) is 0 Å². The van der Waals surface area contributed by atoms with Crippen molar-refractivity contribution in [1.29, 1.82) is 0 Å². The Kier molecular flexibility index (Phi) is 4.61. The molecular weight excluding hydrogens is 276 g/mol. The number of amides is 2. The van der Waals surface area contributed by atoms with Gasteiger partial charge in [0, 0.05) is 23.9 Å². The van der Waals surface area contributed by atoms with Crippen LogP contribution in [0.2, 0.25) is 0 Å². The third-order valence-electron chi connectivity index (χ3n) is 3.53. The van der Waals surface area contributed by atoms with Gasteiger partial charge in [0.05, 0.1) is 0 Å². The molecule has 0 heterocycles. The molecular formula is C18H20N2O2. The van der Waals surface area contributed by atoms with Crippen molar-refractivity contribution in [2.45, 2.75) is 27.7 Å². The lowest BCUT2D eigenvalue weighted by atomic mass is 10.0. The average Bonchev–Trinajstić information content (AvgIpc) is 2.42. The van der Waals surface area contributed by atoms with E-state index in [-0.39, 0.29) is 11.8 Å². The van der Waals surface area contributed by atoms with Crippen molar-refractivity contribution in [3.63, 3.8) is 0 Å². The maximum Gasteiger partial charge on any atom is 0.255 e. The van der Waals surface area contributed by atoms with Crippen LogP contribution >= 0.6 is 0 Å². The number of carbonyl (C=O) groups is 2. The van der Waals surface area contributed by atoms with E-state index < -0.39 is 0 Å². The molecule has 0 aromatic heterocycles. The minimum Gasteiger partial charge on any atom is -0.326 e. The van der Waals surface area contributed by atoms with Gasteiger partial charge in [0.15, 0.2) is 0 Å². The van der Waals surface area contributed by atoms with Crippen molar-refractivity contribution < 1.29 is 9.59 Å². The van der Waals surface area contributed by atoms with Gasteiger partial charge in [0.2, 0.25) is 5.91 Å². The number of carbonyl (C=O) groups excluding carboxylic acids is 2. The van der Waals surface area contributed by atoms with Crippen molar-refractivity contribution in [2.24, 2.45) is 0 Å². The zero-order valence-electron chi connectivity index (χ0n) is 13.3. The van der Waals surface area contributed by atoms with Crippen LogP contribution in [0.3, 0.4) is 0 Å². The Labute approximate surface area is 130 Å². The van der Waals surface area contributed by atoms with Crippen LogP contribution in [0.4, 0.5) is 11.4 Å². The summed E-state index contributed by atoms with van der Waals surface area (Å²) in [5.74, 6) is -0.297. The predicted octanol–water partition coefficient (Wildman–Crippen LogP) is 3.82. The van der Waals surface area contributed by atoms with Gasteiger partial charge in [-0.3, -0.25) is 9.59 Å². The number of hydrogen-bond donors (Lipinski definition) is 2. The lowest BCUT2D eigenvalue weighted by Gasteiger charge is -2.11. The summed E-state index contributed by atoms with van der Waals surface area (Å²) in [5.41, 5.74) is 5.16. The number of aryl methyl sites for hydroxylation is 3. The first kappa shape index (κ1) is 15.8. The molecule has 2 aromatic carbocycles. The highest BCUT2D eigenvalue weighted by Crippen LogP contribution is 2.19. The molecule has 22 heavy (non-hydrogen) atoms. The molecule has 0 aliphatic carbocycles. The van der Waals surface area contributed by atoms with Crippen LogP contribution in [-0.2, 0) is 4.79 Å². The summed E-state index contributed by atoms with van der Waals surface area (Å²) < 4.78 is 0. The molecule has 0 saturated heterocycles. The Bertz CT molecular complexity index is 736. The van der Waals surface area contributed by atoms with Gasteiger partial charge in [-0.2, -0.15) is 0 Å². The molecule has 0 unspecified atom stereocenters. The summed E-state index contributed by atoms with van der Waals surface area (Å²) in [6.45, 7) is 7.39. The van der Waals surface area contributed by atoms with Crippen LogP contribution in [0.1, 0.15) is 34.0 Å². The van der Waals surface area contributed by atoms with Crippen LogP contribution in [0.5, 0.6) is 0 Å². The monoisotopic (exact) mass is 296 g/mol. The summed E-state index contributed by atoms with van der Waals surface area (Å²) in [4.78, 5) is 23.5. The van der Waals surface area contributed by atoms with E-state index in [1.54, 1.807) is 24.3 Å². The van der Waals surface area contributed by atoms with Crippen LogP contribution < -0.4 is 10.6 Å². The van der Waals surface area contributed by atoms with Gasteiger partial charge >= 0.3 is 0 Å². The van der Waals surface area contributed by atoms with Crippen LogP contribution in [-0.4, -0.2) is 11.8 Å². The molecule has 4 nitrogen and oxygen atoms in total. The molecule has 0 saturated carbocycles. The van der Waals surface area contributed by atoms with E-state index in [2.05, 4.69) is 10.6 Å². The fraction of sp³-hybridized carbons (Fsp3) is 0.222. The standard InChI is InChI=1S/C18H20N2O2/c1-11-8-13(3)17(9-12(11)2)18(22)20-16-7-5-6-15(10-16)19-14(4)21/h5-10H,1-4H3,(H,19,21)(H,20,22). The fourth-order valence-electron chi connectivity index (χ4n) is 2.28. The van der Waals surface area contributed by atoms with E-state index >= 15 is 0 Å². The number of hydrogen-bond acceptors (Lipinski definition) is 2. The van der Waals surface area contributed by atoms with Crippen molar-refractivity contribution in [3.05, 3.63) is 58.7 Å². The van der Waals surface area contributed by atoms with E-state index in [1.807, 2.05) is 32.9 Å². The topological polar surface area (TPSA) is 58.2 Å². The molecule has 4 heteroatoms. The second-order valence-electron chi connectivity index (χ2n) is 5.47. The fourth-order valence-corrected chi connectivity index (χ4v) is 2.28. The number of anilines is 2. The number of nitrogens with one attached hydrogen (secondary N) is 2. The third kappa shape index (κ3) is 3.73. The quantitative estimate of drug-likeness (QED) is 0.904. The highest BCUT2D eigenvalue weighted by molar-refractivity contribution is 6.05. The van der Waals surface area contributed by atoms with Crippen LogP contribution in [0.15, 0.2) is 36.4 Å². The molecule has 114 valence electrons. The van der Waals surface area contributed by atoms with Gasteiger partial charge in [-0.1, -0.05) is 12.1 Å². The summed E-state index contributed by atoms with van der Waals surface area (Å²) in [6.07, 6.45) is 0. The highest BCUT2D eigenvalue weighted by Gasteiger charge is 2.11. The molecule has 0 aliphatic rings. The molecule has 0 spiro atoms. The van der Waals surface area contributed by atoms with E-state index in [1.165, 1.54) is 12.5 Å². The van der Waals surface area contributed by atoms with Gasteiger partial charge < -0.3 is 10.6 Å². The minimum atomic E-state index is -0.152. The van der Waals surface area contributed by atoms with E-state index in [4.69, 9.17) is 0 Å². The van der Waals surface area contributed by atoms with E-state index in [0.29, 0.717) is 16.9 Å².